The summed E-state index contributed by atoms with van der Waals surface area (Å²) >= 11 is 0. The minimum atomic E-state index is -3.12. The Morgan fingerprint density at radius 3 is 0.688 bits per heavy atom. The first-order valence-corrected chi connectivity index (χ1v) is 3.75. The molecule has 0 aromatic heterocycles. The zero-order valence-electron chi connectivity index (χ0n) is 9.44. The summed E-state index contributed by atoms with van der Waals surface area (Å²) in [5.74, 6) is -6.25. The Labute approximate surface area is 89.6 Å². The van der Waals surface area contributed by atoms with E-state index >= 15 is 0 Å². The summed E-state index contributed by atoms with van der Waals surface area (Å²) < 4.78 is 84.8. The van der Waals surface area contributed by atoms with E-state index in [1.165, 1.54) is 0 Å². The highest BCUT2D eigenvalue weighted by Crippen LogP contribution is 2.10. The Balaban J connectivity index is -0.0000000686. The van der Waals surface area contributed by atoms with Gasteiger partial charge in [0.2, 0.25) is 0 Å². The van der Waals surface area contributed by atoms with Crippen molar-refractivity contribution < 1.29 is 35.1 Å². The average Bonchev–Trinajstić information content (AvgIpc) is 2.23. The van der Waals surface area contributed by atoms with Crippen LogP contribution in [-0.2, 0) is 0 Å². The summed E-state index contributed by atoms with van der Waals surface area (Å²) in [7, 11) is 1.00. The summed E-state index contributed by atoms with van der Waals surface area (Å²) in [6.07, 6.45) is 0. The molecule has 0 heterocycles. The molecule has 0 aliphatic heterocycles. The molecule has 0 aliphatic rings. The smallest absolute Gasteiger partial charge is 0.255 e. The van der Waals surface area contributed by atoms with Crippen molar-refractivity contribution in [2.75, 3.05) is 27.7 Å². The van der Waals surface area contributed by atoms with Crippen molar-refractivity contribution in [2.45, 2.75) is 25.7 Å². The predicted octanol–water partition coefficient (Wildman–Crippen LogP) is 4.39. The van der Waals surface area contributed by atoms with E-state index in [0.29, 0.717) is 28.2 Å². The maximum atomic E-state index is 11.1. The molecule has 0 amide bonds. The van der Waals surface area contributed by atoms with Crippen LogP contribution in [0.25, 0.3) is 0 Å². The van der Waals surface area contributed by atoms with Crippen molar-refractivity contribution in [3.8, 4) is 0 Å². The van der Waals surface area contributed by atoms with Crippen molar-refractivity contribution in [1.82, 2.24) is 0 Å². The van der Waals surface area contributed by atoms with Crippen LogP contribution in [0.1, 0.15) is 13.8 Å². The van der Waals surface area contributed by atoms with Crippen molar-refractivity contribution in [1.29, 1.82) is 0 Å². The molecule has 0 aliphatic carbocycles. The summed E-state index contributed by atoms with van der Waals surface area (Å²) in [6, 6.07) is 0. The molecule has 0 aromatic carbocycles. The third kappa shape index (κ3) is 70.3. The molecule has 8 heteroatoms. The van der Waals surface area contributed by atoms with Crippen molar-refractivity contribution in [3.63, 3.8) is 0 Å². The fourth-order valence-corrected chi connectivity index (χ4v) is 0. The third-order valence-electron chi connectivity index (χ3n) is 0.469. The van der Waals surface area contributed by atoms with Crippen molar-refractivity contribution in [3.05, 3.63) is 0 Å². The van der Waals surface area contributed by atoms with E-state index in [1.807, 2.05) is 0 Å². The van der Waals surface area contributed by atoms with Gasteiger partial charge in [0.15, 0.2) is 13.3 Å². The van der Waals surface area contributed by atoms with Gasteiger partial charge in [0.25, 0.3) is 11.8 Å². The van der Waals surface area contributed by atoms with E-state index in [2.05, 4.69) is 0 Å². The van der Waals surface area contributed by atoms with Crippen molar-refractivity contribution >= 4 is 0 Å². The number of alkyl halides is 8. The Kier molecular flexibility index (Phi) is 22.2. The Morgan fingerprint density at radius 1 is 0.625 bits per heavy atom. The fraction of sp³-hybridized carbons (Fsp3) is 1.00. The number of halogens is 8. The average molecular weight is 264 g/mol. The third-order valence-corrected chi connectivity index (χ3v) is 0.469. The van der Waals surface area contributed by atoms with Gasteiger partial charge in [0.1, 0.15) is 0 Å². The number of rotatable bonds is 2. The molecule has 16 heavy (non-hydrogen) atoms. The van der Waals surface area contributed by atoms with Gasteiger partial charge in [0, 0.05) is 13.8 Å². The van der Waals surface area contributed by atoms with Crippen LogP contribution in [0.15, 0.2) is 0 Å². The number of hydrogen-bond donors (Lipinski definition) is 0. The lowest BCUT2D eigenvalue weighted by Crippen LogP contribution is -2.10. The van der Waals surface area contributed by atoms with E-state index in [9.17, 15) is 35.1 Å². The van der Waals surface area contributed by atoms with E-state index in [1.54, 1.807) is 0 Å². The molecule has 0 radical (unpaired) electrons. The molecule has 0 saturated heterocycles. The highest BCUT2D eigenvalue weighted by atomic mass is 19.3. The zero-order valence-corrected chi connectivity index (χ0v) is 9.44. The molecule has 104 valence electrons. The molecule has 0 rings (SSSR count). The Hall–Kier alpha value is -0.560. The summed E-state index contributed by atoms with van der Waals surface area (Å²) in [4.78, 5) is 0. The molecule has 0 unspecified atom stereocenters. The topological polar surface area (TPSA) is 0 Å². The molecule has 0 N–H and O–H groups in total. The molecule has 0 spiro atoms. The van der Waals surface area contributed by atoms with Crippen LogP contribution < -0.4 is 0 Å². The second-order valence-electron chi connectivity index (χ2n) is 2.41. The molecule has 0 aromatic rings. The minimum Gasteiger partial charge on any atom is -0.255 e. The lowest BCUT2D eigenvalue weighted by molar-refractivity contribution is -0.00341. The summed E-state index contributed by atoms with van der Waals surface area (Å²) in [5, 5.41) is 0. The maximum absolute atomic E-state index is 11.1. The largest absolute Gasteiger partial charge is 0.273 e. The lowest BCUT2D eigenvalue weighted by atomic mass is 10.4. The van der Waals surface area contributed by atoms with E-state index in [-0.39, 0.29) is 0 Å². The van der Waals surface area contributed by atoms with Crippen LogP contribution >= 0.6 is 0 Å². The minimum absolute atomic E-state index is 0.500. The first kappa shape index (κ1) is 24.6. The molecule has 0 nitrogen and oxygen atoms in total. The Bertz CT molecular complexity index is 89.6. The van der Waals surface area contributed by atoms with Gasteiger partial charge in [-0.25, -0.2) is 26.3 Å². The standard InChI is InChI=1S/2C3H5F3.2CH3F/c2*1-3(5,6)2-4;2*1-2/h2*2H2,1H3;2*1H3. The molecular weight excluding hydrogens is 248 g/mol. The second-order valence-corrected chi connectivity index (χ2v) is 2.41. The second kappa shape index (κ2) is 14.4. The van der Waals surface area contributed by atoms with Gasteiger partial charge in [-0.2, -0.15) is 0 Å². The van der Waals surface area contributed by atoms with Crippen LogP contribution in [0.5, 0.6) is 0 Å². The van der Waals surface area contributed by atoms with Crippen LogP contribution in [0, 0.1) is 0 Å². The Morgan fingerprint density at radius 2 is 0.688 bits per heavy atom. The van der Waals surface area contributed by atoms with Crippen LogP contribution in [0.3, 0.4) is 0 Å². The van der Waals surface area contributed by atoms with Gasteiger partial charge < -0.3 is 0 Å². The first-order chi connectivity index (χ1) is 7.12. The quantitative estimate of drug-likeness (QED) is 0.649. The molecular formula is C8H16F8. The van der Waals surface area contributed by atoms with Gasteiger partial charge in [-0.3, -0.25) is 8.78 Å². The predicted molar refractivity (Wildman–Crippen MR) is 47.3 cm³/mol. The first-order valence-electron chi connectivity index (χ1n) is 3.75. The molecule has 0 saturated carbocycles. The van der Waals surface area contributed by atoms with Gasteiger partial charge in [-0.05, 0) is 0 Å². The molecule has 0 fully saturated rings. The van der Waals surface area contributed by atoms with E-state index in [0.717, 1.165) is 0 Å². The zero-order chi connectivity index (χ0) is 14.4. The van der Waals surface area contributed by atoms with Gasteiger partial charge in [0.05, 0.1) is 14.4 Å². The molecule has 0 atom stereocenters. The lowest BCUT2D eigenvalue weighted by Gasteiger charge is -1.99. The van der Waals surface area contributed by atoms with Crippen molar-refractivity contribution in [2.24, 2.45) is 0 Å². The van der Waals surface area contributed by atoms with Crippen LogP contribution in [-0.4, -0.2) is 39.5 Å². The summed E-state index contributed by atoms with van der Waals surface area (Å²) in [6.45, 7) is -2.06. The SMILES string of the molecule is CC(F)(F)CF.CC(F)(F)CF.CF.CF. The highest BCUT2D eigenvalue weighted by molar-refractivity contribution is 4.51. The highest BCUT2D eigenvalue weighted by Gasteiger charge is 2.19. The monoisotopic (exact) mass is 264 g/mol. The van der Waals surface area contributed by atoms with Crippen LogP contribution in [0.4, 0.5) is 35.1 Å². The normalized spacial score (nSPS) is 9.75. The fourth-order valence-electron chi connectivity index (χ4n) is 0. The van der Waals surface area contributed by atoms with E-state index < -0.39 is 25.2 Å². The van der Waals surface area contributed by atoms with Crippen LogP contribution in [0.2, 0.25) is 0 Å². The van der Waals surface area contributed by atoms with E-state index in [4.69, 9.17) is 0 Å². The van der Waals surface area contributed by atoms with Gasteiger partial charge in [-0.1, -0.05) is 0 Å². The summed E-state index contributed by atoms with van der Waals surface area (Å²) in [5.41, 5.74) is 0. The van der Waals surface area contributed by atoms with Gasteiger partial charge >= 0.3 is 0 Å². The molecule has 0 bridgehead atoms. The number of hydrogen-bond acceptors (Lipinski definition) is 0. The maximum Gasteiger partial charge on any atom is 0.273 e. The van der Waals surface area contributed by atoms with Gasteiger partial charge in [-0.15, -0.1) is 0 Å².